The Morgan fingerprint density at radius 2 is 1.86 bits per heavy atom. The molecule has 0 saturated carbocycles. The van der Waals surface area contributed by atoms with Crippen LogP contribution >= 0.6 is 11.8 Å². The molecule has 2 N–H and O–H groups in total. The van der Waals surface area contributed by atoms with Gasteiger partial charge in [-0.25, -0.2) is 13.6 Å². The molecule has 110 valence electrons. The maximum Gasteiger partial charge on any atom is 0.319 e. The Morgan fingerprint density at radius 1 is 1.10 bits per heavy atom. The van der Waals surface area contributed by atoms with Gasteiger partial charge in [0.25, 0.3) is 0 Å². The van der Waals surface area contributed by atoms with Gasteiger partial charge in [0.1, 0.15) is 11.6 Å². The Morgan fingerprint density at radius 3 is 2.57 bits per heavy atom. The molecule has 0 unspecified atom stereocenters. The van der Waals surface area contributed by atoms with Crippen LogP contribution in [0, 0.1) is 11.6 Å². The van der Waals surface area contributed by atoms with Crippen molar-refractivity contribution in [2.45, 2.75) is 4.90 Å². The molecule has 0 aliphatic rings. The molecule has 0 saturated heterocycles. The van der Waals surface area contributed by atoms with Gasteiger partial charge < -0.3 is 10.6 Å². The molecule has 0 aliphatic heterocycles. The molecular weight excluding hydrogens is 294 g/mol. The molecule has 0 radical (unpaired) electrons. The second-order valence-corrected chi connectivity index (χ2v) is 5.33. The molecule has 6 heteroatoms. The number of hydrogen-bond donors (Lipinski definition) is 2. The third kappa shape index (κ3) is 5.07. The molecule has 2 amide bonds. The molecule has 0 aromatic heterocycles. The highest BCUT2D eigenvalue weighted by Crippen LogP contribution is 2.16. The van der Waals surface area contributed by atoms with E-state index < -0.39 is 17.7 Å². The lowest BCUT2D eigenvalue weighted by Crippen LogP contribution is -2.30. The van der Waals surface area contributed by atoms with Crippen LogP contribution in [-0.4, -0.2) is 18.3 Å². The smallest absolute Gasteiger partial charge is 0.319 e. The van der Waals surface area contributed by atoms with E-state index >= 15 is 0 Å². The normalized spacial score (nSPS) is 10.2. The number of urea groups is 1. The highest BCUT2D eigenvalue weighted by molar-refractivity contribution is 7.99. The number of rotatable bonds is 5. The van der Waals surface area contributed by atoms with Crippen molar-refractivity contribution in [1.82, 2.24) is 5.32 Å². The Hall–Kier alpha value is -2.08. The zero-order chi connectivity index (χ0) is 15.1. The second-order valence-electron chi connectivity index (χ2n) is 4.17. The second kappa shape index (κ2) is 7.64. The number of carbonyl (C=O) groups is 1. The lowest BCUT2D eigenvalue weighted by molar-refractivity contribution is 0.252. The summed E-state index contributed by atoms with van der Waals surface area (Å²) in [4.78, 5) is 12.7. The highest BCUT2D eigenvalue weighted by atomic mass is 32.2. The van der Waals surface area contributed by atoms with Crippen LogP contribution in [0.2, 0.25) is 0 Å². The van der Waals surface area contributed by atoms with Crippen molar-refractivity contribution in [2.75, 3.05) is 17.6 Å². The first kappa shape index (κ1) is 15.3. The van der Waals surface area contributed by atoms with Gasteiger partial charge in [0.15, 0.2) is 0 Å². The molecule has 0 heterocycles. The van der Waals surface area contributed by atoms with Crippen LogP contribution in [0.1, 0.15) is 0 Å². The van der Waals surface area contributed by atoms with Gasteiger partial charge in [-0.1, -0.05) is 18.2 Å². The zero-order valence-corrected chi connectivity index (χ0v) is 11.9. The van der Waals surface area contributed by atoms with Crippen LogP contribution in [-0.2, 0) is 0 Å². The summed E-state index contributed by atoms with van der Waals surface area (Å²) in [6, 6.07) is 12.3. The van der Waals surface area contributed by atoms with Crippen molar-refractivity contribution in [3.05, 3.63) is 60.2 Å². The average Bonchev–Trinajstić information content (AvgIpc) is 2.48. The quantitative estimate of drug-likeness (QED) is 0.650. The monoisotopic (exact) mass is 308 g/mol. The summed E-state index contributed by atoms with van der Waals surface area (Å²) in [5.41, 5.74) is -0.0513. The number of amides is 2. The predicted molar refractivity (Wildman–Crippen MR) is 80.5 cm³/mol. The maximum atomic E-state index is 13.3. The molecule has 0 spiro atoms. The van der Waals surface area contributed by atoms with E-state index in [2.05, 4.69) is 10.6 Å². The van der Waals surface area contributed by atoms with Gasteiger partial charge in [-0.3, -0.25) is 0 Å². The van der Waals surface area contributed by atoms with Gasteiger partial charge in [-0.2, -0.15) is 0 Å². The van der Waals surface area contributed by atoms with E-state index in [-0.39, 0.29) is 5.69 Å². The lowest BCUT2D eigenvalue weighted by Gasteiger charge is -2.08. The van der Waals surface area contributed by atoms with E-state index in [1.54, 1.807) is 11.8 Å². The largest absolute Gasteiger partial charge is 0.337 e. The van der Waals surface area contributed by atoms with Crippen LogP contribution in [0.3, 0.4) is 0 Å². The summed E-state index contributed by atoms with van der Waals surface area (Å²) in [5, 5.41) is 4.95. The Balaban J connectivity index is 1.72. The van der Waals surface area contributed by atoms with E-state index in [1.807, 2.05) is 30.3 Å². The van der Waals surface area contributed by atoms with Crippen molar-refractivity contribution < 1.29 is 13.6 Å². The zero-order valence-electron chi connectivity index (χ0n) is 11.1. The van der Waals surface area contributed by atoms with Gasteiger partial charge in [-0.15, -0.1) is 11.8 Å². The molecule has 21 heavy (non-hydrogen) atoms. The van der Waals surface area contributed by atoms with Gasteiger partial charge in [0.05, 0.1) is 5.69 Å². The first-order valence-electron chi connectivity index (χ1n) is 6.33. The number of halogens is 2. The van der Waals surface area contributed by atoms with Crippen molar-refractivity contribution in [1.29, 1.82) is 0 Å². The fourth-order valence-corrected chi connectivity index (χ4v) is 2.40. The van der Waals surface area contributed by atoms with Gasteiger partial charge in [0, 0.05) is 23.3 Å². The number of thioether (sulfide) groups is 1. The highest BCUT2D eigenvalue weighted by Gasteiger charge is 2.07. The van der Waals surface area contributed by atoms with E-state index in [0.29, 0.717) is 12.3 Å². The molecule has 0 bridgehead atoms. The molecule has 0 atom stereocenters. The molecule has 2 rings (SSSR count). The van der Waals surface area contributed by atoms with Gasteiger partial charge >= 0.3 is 6.03 Å². The predicted octanol–water partition coefficient (Wildman–Crippen LogP) is 3.88. The van der Waals surface area contributed by atoms with Gasteiger partial charge in [0.2, 0.25) is 0 Å². The summed E-state index contributed by atoms with van der Waals surface area (Å²) >= 11 is 1.61. The SMILES string of the molecule is O=C(NCCSc1ccccc1)Nc1ccc(F)cc1F. The number of benzene rings is 2. The first-order valence-corrected chi connectivity index (χ1v) is 7.31. The standard InChI is InChI=1S/C15H14F2N2OS/c16-11-6-7-14(13(17)10-11)19-15(20)18-8-9-21-12-4-2-1-3-5-12/h1-7,10H,8-9H2,(H2,18,19,20). The Labute approximate surface area is 125 Å². The summed E-state index contributed by atoms with van der Waals surface area (Å²) in [6.45, 7) is 0.439. The number of anilines is 1. The maximum absolute atomic E-state index is 13.3. The van der Waals surface area contributed by atoms with Crippen LogP contribution in [0.5, 0.6) is 0 Å². The summed E-state index contributed by atoms with van der Waals surface area (Å²) in [5.74, 6) is -0.787. The third-order valence-electron chi connectivity index (χ3n) is 2.58. The molecule has 0 fully saturated rings. The number of nitrogens with one attached hydrogen (secondary N) is 2. The van der Waals surface area contributed by atoms with Crippen LogP contribution in [0.4, 0.5) is 19.3 Å². The summed E-state index contributed by atoms with van der Waals surface area (Å²) < 4.78 is 26.1. The number of carbonyl (C=O) groups excluding carboxylic acids is 1. The topological polar surface area (TPSA) is 41.1 Å². The van der Waals surface area contributed by atoms with E-state index in [0.717, 1.165) is 17.0 Å². The molecule has 3 nitrogen and oxygen atoms in total. The molecule has 0 aliphatic carbocycles. The van der Waals surface area contributed by atoms with E-state index in [4.69, 9.17) is 0 Å². The minimum Gasteiger partial charge on any atom is -0.337 e. The molecule has 2 aromatic carbocycles. The van der Waals surface area contributed by atoms with Gasteiger partial charge in [-0.05, 0) is 24.3 Å². The minimum atomic E-state index is -0.802. The first-order chi connectivity index (χ1) is 10.1. The van der Waals surface area contributed by atoms with Crippen molar-refractivity contribution in [3.8, 4) is 0 Å². The van der Waals surface area contributed by atoms with Crippen LogP contribution < -0.4 is 10.6 Å². The van der Waals surface area contributed by atoms with Crippen molar-refractivity contribution in [2.24, 2.45) is 0 Å². The van der Waals surface area contributed by atoms with E-state index in [9.17, 15) is 13.6 Å². The van der Waals surface area contributed by atoms with Crippen LogP contribution in [0.25, 0.3) is 0 Å². The molecule has 2 aromatic rings. The summed E-state index contributed by atoms with van der Waals surface area (Å²) in [7, 11) is 0. The minimum absolute atomic E-state index is 0.0513. The van der Waals surface area contributed by atoms with Crippen molar-refractivity contribution >= 4 is 23.5 Å². The van der Waals surface area contributed by atoms with Crippen LogP contribution in [0.15, 0.2) is 53.4 Å². The fraction of sp³-hybridized carbons (Fsp3) is 0.133. The Kier molecular flexibility index (Phi) is 5.57. The molecular formula is C15H14F2N2OS. The summed E-state index contributed by atoms with van der Waals surface area (Å²) in [6.07, 6.45) is 0. The number of hydrogen-bond acceptors (Lipinski definition) is 2. The van der Waals surface area contributed by atoms with E-state index in [1.165, 1.54) is 6.07 Å². The third-order valence-corrected chi connectivity index (χ3v) is 3.59. The average molecular weight is 308 g/mol. The van der Waals surface area contributed by atoms with Crippen molar-refractivity contribution in [3.63, 3.8) is 0 Å². The lowest BCUT2D eigenvalue weighted by atomic mass is 10.3. The fourth-order valence-electron chi connectivity index (χ4n) is 1.61. The Bertz CT molecular complexity index is 608.